The van der Waals surface area contributed by atoms with Crippen molar-refractivity contribution in [1.82, 2.24) is 0 Å². The van der Waals surface area contributed by atoms with Crippen molar-refractivity contribution in [1.29, 1.82) is 0 Å². The Morgan fingerprint density at radius 1 is 0.350 bits per heavy atom. The third-order valence-corrected chi connectivity index (χ3v) is 7.05. The van der Waals surface area contributed by atoms with Crippen LogP contribution in [0.3, 0.4) is 0 Å². The molecular weight excluding hydrogens is 484 g/mol. The van der Waals surface area contributed by atoms with Gasteiger partial charge in [0.25, 0.3) is 0 Å². The Labute approximate surface area is 239 Å². The monoisotopic (exact) mass is 520 g/mol. The van der Waals surface area contributed by atoms with Gasteiger partial charge in [0.15, 0.2) is 0 Å². The van der Waals surface area contributed by atoms with Gasteiger partial charge < -0.3 is 9.80 Å². The van der Waals surface area contributed by atoms with Crippen LogP contribution in [0, 0.1) is 0 Å². The average Bonchev–Trinajstić information content (AvgIpc) is 3.02. The van der Waals surface area contributed by atoms with E-state index < -0.39 is 0 Å². The highest BCUT2D eigenvalue weighted by Gasteiger charge is 2.07. The maximum atomic E-state index is 2.32. The van der Waals surface area contributed by atoms with Crippen LogP contribution in [0.4, 0.5) is 22.7 Å². The van der Waals surface area contributed by atoms with Crippen molar-refractivity contribution in [2.24, 2.45) is 0 Å². The Bertz CT molecular complexity index is 1400. The standard InChI is InChI=1S/C38H36N2/c1-3-39(35-11-7-5-8-12-35)37-27-23-33(24-28-37)21-19-31-15-17-32(18-16-31)20-22-34-25-29-38(30-26-34)40(4-2)36-13-9-6-10-14-36/h5-30H,3-4H2,1-2H3/b21-19+,22-20+. The quantitative estimate of drug-likeness (QED) is 0.169. The lowest BCUT2D eigenvalue weighted by molar-refractivity contribution is 1.02. The molecule has 0 radical (unpaired) electrons. The zero-order chi connectivity index (χ0) is 27.6. The Kier molecular flexibility index (Phi) is 8.91. The van der Waals surface area contributed by atoms with E-state index in [-0.39, 0.29) is 0 Å². The Hall–Kier alpha value is -4.82. The summed E-state index contributed by atoms with van der Waals surface area (Å²) in [5, 5.41) is 0. The second kappa shape index (κ2) is 13.3. The molecule has 0 fully saturated rings. The van der Waals surface area contributed by atoms with Gasteiger partial charge >= 0.3 is 0 Å². The second-order valence-electron chi connectivity index (χ2n) is 9.68. The van der Waals surface area contributed by atoms with Crippen molar-refractivity contribution in [3.8, 4) is 0 Å². The maximum Gasteiger partial charge on any atom is 0.0411 e. The fourth-order valence-electron chi connectivity index (χ4n) is 4.88. The first-order chi connectivity index (χ1) is 19.7. The number of para-hydroxylation sites is 2. The molecule has 0 amide bonds. The van der Waals surface area contributed by atoms with Crippen LogP contribution in [0.25, 0.3) is 24.3 Å². The summed E-state index contributed by atoms with van der Waals surface area (Å²) in [6.07, 6.45) is 8.68. The molecule has 5 aromatic rings. The summed E-state index contributed by atoms with van der Waals surface area (Å²) in [5.74, 6) is 0. The minimum atomic E-state index is 0.928. The van der Waals surface area contributed by atoms with Gasteiger partial charge in [-0.2, -0.15) is 0 Å². The molecule has 0 aliphatic rings. The molecule has 0 N–H and O–H groups in total. The zero-order valence-corrected chi connectivity index (χ0v) is 23.3. The van der Waals surface area contributed by atoms with E-state index in [0.717, 1.165) is 13.1 Å². The van der Waals surface area contributed by atoms with Crippen LogP contribution in [0.1, 0.15) is 36.1 Å². The van der Waals surface area contributed by atoms with Crippen molar-refractivity contribution in [2.45, 2.75) is 13.8 Å². The molecule has 0 spiro atoms. The van der Waals surface area contributed by atoms with Crippen molar-refractivity contribution in [2.75, 3.05) is 22.9 Å². The van der Waals surface area contributed by atoms with Gasteiger partial charge in [0.05, 0.1) is 0 Å². The van der Waals surface area contributed by atoms with Gasteiger partial charge in [-0.1, -0.05) is 109 Å². The molecule has 40 heavy (non-hydrogen) atoms. The van der Waals surface area contributed by atoms with Gasteiger partial charge in [-0.25, -0.2) is 0 Å². The summed E-state index contributed by atoms with van der Waals surface area (Å²) in [5.41, 5.74) is 9.59. The van der Waals surface area contributed by atoms with Crippen LogP contribution in [0.5, 0.6) is 0 Å². The average molecular weight is 521 g/mol. The Balaban J connectivity index is 1.19. The van der Waals surface area contributed by atoms with Gasteiger partial charge in [0.2, 0.25) is 0 Å². The zero-order valence-electron chi connectivity index (χ0n) is 23.3. The SMILES string of the molecule is CCN(c1ccccc1)c1ccc(/C=C/c2ccc(/C=C/c3ccc(N(CC)c4ccccc4)cc3)cc2)cc1. The van der Waals surface area contributed by atoms with Crippen LogP contribution in [-0.2, 0) is 0 Å². The summed E-state index contributed by atoms with van der Waals surface area (Å²) in [6.45, 7) is 6.22. The van der Waals surface area contributed by atoms with Crippen LogP contribution in [0.2, 0.25) is 0 Å². The van der Waals surface area contributed by atoms with Gasteiger partial charge in [-0.3, -0.25) is 0 Å². The highest BCUT2D eigenvalue weighted by atomic mass is 15.1. The van der Waals surface area contributed by atoms with Crippen molar-refractivity contribution in [3.05, 3.63) is 156 Å². The molecule has 0 atom stereocenters. The number of hydrogen-bond acceptors (Lipinski definition) is 2. The number of nitrogens with zero attached hydrogens (tertiary/aromatic N) is 2. The first-order valence-electron chi connectivity index (χ1n) is 14.0. The predicted octanol–water partition coefficient (Wildman–Crippen LogP) is 10.3. The molecule has 5 aromatic carbocycles. The van der Waals surface area contributed by atoms with Crippen LogP contribution < -0.4 is 9.80 Å². The molecule has 0 aliphatic heterocycles. The number of benzene rings is 5. The van der Waals surface area contributed by atoms with Gasteiger partial charge in [-0.15, -0.1) is 0 Å². The van der Waals surface area contributed by atoms with Crippen molar-refractivity contribution < 1.29 is 0 Å². The molecule has 0 unspecified atom stereocenters. The molecule has 0 bridgehead atoms. The lowest BCUT2D eigenvalue weighted by atomic mass is 10.1. The van der Waals surface area contributed by atoms with E-state index in [1.165, 1.54) is 45.0 Å². The molecule has 0 heterocycles. The predicted molar refractivity (Wildman–Crippen MR) is 175 cm³/mol. The molecule has 198 valence electrons. The summed E-state index contributed by atoms with van der Waals surface area (Å²) in [7, 11) is 0. The maximum absolute atomic E-state index is 2.32. The number of hydrogen-bond donors (Lipinski definition) is 0. The van der Waals surface area contributed by atoms with Gasteiger partial charge in [-0.05, 0) is 84.6 Å². The molecular formula is C38H36N2. The lowest BCUT2D eigenvalue weighted by Gasteiger charge is -2.23. The molecule has 0 saturated heterocycles. The summed E-state index contributed by atoms with van der Waals surface area (Å²) in [6, 6.07) is 47.2. The normalized spacial score (nSPS) is 11.2. The summed E-state index contributed by atoms with van der Waals surface area (Å²) in [4.78, 5) is 4.64. The molecule has 0 saturated carbocycles. The minimum Gasteiger partial charge on any atom is -0.342 e. The number of rotatable bonds is 10. The van der Waals surface area contributed by atoms with Crippen molar-refractivity contribution >= 4 is 47.1 Å². The highest BCUT2D eigenvalue weighted by Crippen LogP contribution is 2.27. The summed E-state index contributed by atoms with van der Waals surface area (Å²) >= 11 is 0. The van der Waals surface area contributed by atoms with E-state index in [9.17, 15) is 0 Å². The molecule has 2 heteroatoms. The van der Waals surface area contributed by atoms with E-state index in [0.29, 0.717) is 0 Å². The van der Waals surface area contributed by atoms with E-state index in [1.807, 2.05) is 0 Å². The van der Waals surface area contributed by atoms with Crippen LogP contribution >= 0.6 is 0 Å². The van der Waals surface area contributed by atoms with E-state index >= 15 is 0 Å². The molecule has 0 aliphatic carbocycles. The Morgan fingerprint density at radius 3 is 0.875 bits per heavy atom. The van der Waals surface area contributed by atoms with Crippen LogP contribution in [0.15, 0.2) is 133 Å². The third kappa shape index (κ3) is 6.78. The van der Waals surface area contributed by atoms with Gasteiger partial charge in [0.1, 0.15) is 0 Å². The van der Waals surface area contributed by atoms with Crippen molar-refractivity contribution in [3.63, 3.8) is 0 Å². The minimum absolute atomic E-state index is 0.928. The first kappa shape index (κ1) is 26.8. The van der Waals surface area contributed by atoms with E-state index in [4.69, 9.17) is 0 Å². The van der Waals surface area contributed by atoms with Crippen LogP contribution in [-0.4, -0.2) is 13.1 Å². The van der Waals surface area contributed by atoms with E-state index in [2.05, 4.69) is 181 Å². The fourth-order valence-corrected chi connectivity index (χ4v) is 4.88. The summed E-state index contributed by atoms with van der Waals surface area (Å²) < 4.78 is 0. The van der Waals surface area contributed by atoms with Gasteiger partial charge in [0, 0.05) is 35.8 Å². The largest absolute Gasteiger partial charge is 0.342 e. The Morgan fingerprint density at radius 2 is 0.600 bits per heavy atom. The topological polar surface area (TPSA) is 6.48 Å². The molecule has 5 rings (SSSR count). The highest BCUT2D eigenvalue weighted by molar-refractivity contribution is 5.75. The van der Waals surface area contributed by atoms with E-state index in [1.54, 1.807) is 0 Å². The fraction of sp³-hybridized carbons (Fsp3) is 0.105. The first-order valence-corrected chi connectivity index (χ1v) is 14.0. The number of anilines is 4. The second-order valence-corrected chi connectivity index (χ2v) is 9.68. The smallest absolute Gasteiger partial charge is 0.0411 e. The lowest BCUT2D eigenvalue weighted by Crippen LogP contribution is -2.15. The third-order valence-electron chi connectivity index (χ3n) is 7.05. The molecule has 2 nitrogen and oxygen atoms in total. The molecule has 0 aromatic heterocycles.